The first-order valence-corrected chi connectivity index (χ1v) is 19.0. The van der Waals surface area contributed by atoms with E-state index in [0.717, 1.165) is 12.3 Å². The number of nitrogens with one attached hydrogen (secondary N) is 1. The molecule has 0 spiro atoms. The molecule has 0 fully saturated rings. The summed E-state index contributed by atoms with van der Waals surface area (Å²) < 4.78 is 72.2. The summed E-state index contributed by atoms with van der Waals surface area (Å²) in [5, 5.41) is 0.280. The Balaban J connectivity index is 3.59. The average Bonchev–Trinajstić information content (AvgIpc) is 2.81. The molecular formula is C24H45FN2O8P2Si. The van der Waals surface area contributed by atoms with E-state index in [1.807, 2.05) is 33.9 Å². The van der Waals surface area contributed by atoms with E-state index in [4.69, 9.17) is 22.5 Å². The van der Waals surface area contributed by atoms with Gasteiger partial charge in [0.05, 0.1) is 32.0 Å². The van der Waals surface area contributed by atoms with Crippen LogP contribution in [0.1, 0.15) is 71.7 Å². The minimum absolute atomic E-state index is 0.00639. The second-order valence-corrected chi connectivity index (χ2v) is 19.5. The average molecular weight is 599 g/mol. The normalized spacial score (nSPS) is 13.5. The first-order chi connectivity index (χ1) is 17.6. The van der Waals surface area contributed by atoms with Crippen LogP contribution in [-0.2, 0) is 31.7 Å². The van der Waals surface area contributed by atoms with Gasteiger partial charge in [-0.05, 0) is 64.4 Å². The third-order valence-electron chi connectivity index (χ3n) is 6.23. The standard InChI is InChI=1S/C24H45FN2O8P2Si/c1-10-31-36(29,32-11-2)24(35-38(8,9)23(5,6)7,37(30,33-12-3)34-13-4)17-14-18-26-22(28)20-15-16-21(25)27-19-20/h15-16,19H,10-14,17-18H2,1-9H3,(H,26,28). The van der Waals surface area contributed by atoms with Crippen LogP contribution in [0.2, 0.25) is 18.1 Å². The second-order valence-electron chi connectivity index (χ2n) is 10.0. The number of carbonyl (C=O) groups excluding carboxylic acids is 1. The number of carbonyl (C=O) groups is 1. The van der Waals surface area contributed by atoms with Crippen LogP contribution >= 0.6 is 15.2 Å². The maximum absolute atomic E-state index is 14.6. The molecule has 220 valence electrons. The van der Waals surface area contributed by atoms with E-state index >= 15 is 0 Å². The molecule has 38 heavy (non-hydrogen) atoms. The van der Waals surface area contributed by atoms with Gasteiger partial charge in [-0.25, -0.2) is 4.98 Å². The number of hydrogen-bond donors (Lipinski definition) is 1. The lowest BCUT2D eigenvalue weighted by atomic mass is 10.2. The van der Waals surface area contributed by atoms with E-state index in [0.29, 0.717) is 0 Å². The molecule has 0 saturated heterocycles. The van der Waals surface area contributed by atoms with Crippen LogP contribution in [0.5, 0.6) is 0 Å². The Hall–Kier alpha value is -0.973. The fourth-order valence-electron chi connectivity index (χ4n) is 3.44. The number of halogens is 1. The molecule has 0 bridgehead atoms. The lowest BCUT2D eigenvalue weighted by molar-refractivity contribution is 0.0819. The van der Waals surface area contributed by atoms with Gasteiger partial charge in [0, 0.05) is 19.2 Å². The molecule has 0 saturated carbocycles. The van der Waals surface area contributed by atoms with Crippen molar-refractivity contribution < 1.29 is 40.8 Å². The minimum atomic E-state index is -4.30. The van der Waals surface area contributed by atoms with Crippen molar-refractivity contribution in [2.24, 2.45) is 0 Å². The summed E-state index contributed by atoms with van der Waals surface area (Å²) in [6.07, 6.45) is 1.19. The van der Waals surface area contributed by atoms with E-state index in [1.165, 1.54) is 6.07 Å². The van der Waals surface area contributed by atoms with Crippen molar-refractivity contribution in [2.45, 2.75) is 84.5 Å². The van der Waals surface area contributed by atoms with E-state index in [-0.39, 0.29) is 56.4 Å². The van der Waals surface area contributed by atoms with Crippen LogP contribution in [0.4, 0.5) is 4.39 Å². The van der Waals surface area contributed by atoms with Gasteiger partial charge in [-0.2, -0.15) is 4.39 Å². The van der Waals surface area contributed by atoms with Crippen molar-refractivity contribution >= 4 is 29.4 Å². The highest BCUT2D eigenvalue weighted by Crippen LogP contribution is 2.80. The van der Waals surface area contributed by atoms with E-state index in [2.05, 4.69) is 10.3 Å². The number of amides is 1. The molecule has 0 aliphatic rings. The lowest BCUT2D eigenvalue weighted by Crippen LogP contribution is -2.51. The highest BCUT2D eigenvalue weighted by molar-refractivity contribution is 7.74. The van der Waals surface area contributed by atoms with Crippen LogP contribution in [-0.4, -0.2) is 57.3 Å². The summed E-state index contributed by atoms with van der Waals surface area (Å²) in [7, 11) is -11.4. The van der Waals surface area contributed by atoms with E-state index in [9.17, 15) is 18.3 Å². The van der Waals surface area contributed by atoms with Crippen molar-refractivity contribution in [3.8, 4) is 0 Å². The van der Waals surface area contributed by atoms with Crippen molar-refractivity contribution in [1.82, 2.24) is 10.3 Å². The monoisotopic (exact) mass is 598 g/mol. The zero-order valence-electron chi connectivity index (χ0n) is 24.2. The predicted octanol–water partition coefficient (Wildman–Crippen LogP) is 6.94. The van der Waals surface area contributed by atoms with Crippen LogP contribution in [0.3, 0.4) is 0 Å². The van der Waals surface area contributed by atoms with Crippen molar-refractivity contribution in [1.29, 1.82) is 0 Å². The molecule has 1 amide bonds. The maximum Gasteiger partial charge on any atom is 0.373 e. The smallest absolute Gasteiger partial charge is 0.373 e. The Morgan fingerprint density at radius 1 is 0.947 bits per heavy atom. The molecule has 1 heterocycles. The van der Waals surface area contributed by atoms with Gasteiger partial charge in [0.15, 0.2) is 8.32 Å². The molecular weight excluding hydrogens is 553 g/mol. The molecule has 0 unspecified atom stereocenters. The van der Waals surface area contributed by atoms with Crippen LogP contribution in [0, 0.1) is 5.95 Å². The first-order valence-electron chi connectivity index (χ1n) is 13.0. The molecule has 0 atom stereocenters. The number of rotatable bonds is 17. The Labute approximate surface area is 227 Å². The highest BCUT2D eigenvalue weighted by atomic mass is 31.2. The molecule has 10 nitrogen and oxygen atoms in total. The third-order valence-corrected chi connectivity index (χ3v) is 17.2. The van der Waals surface area contributed by atoms with E-state index in [1.54, 1.807) is 27.7 Å². The summed E-state index contributed by atoms with van der Waals surface area (Å²) in [5.74, 6) is -1.16. The predicted molar refractivity (Wildman–Crippen MR) is 148 cm³/mol. The Morgan fingerprint density at radius 2 is 1.42 bits per heavy atom. The summed E-state index contributed by atoms with van der Waals surface area (Å²) in [5.41, 5.74) is 0.179. The first kappa shape index (κ1) is 35.1. The van der Waals surface area contributed by atoms with Crippen LogP contribution < -0.4 is 5.32 Å². The molecule has 1 aromatic rings. The van der Waals surface area contributed by atoms with Crippen molar-refractivity contribution in [3.05, 3.63) is 29.8 Å². The van der Waals surface area contributed by atoms with Crippen LogP contribution in [0.15, 0.2) is 18.3 Å². The summed E-state index contributed by atoms with van der Waals surface area (Å²) >= 11 is 0. The van der Waals surface area contributed by atoms with Gasteiger partial charge in [0.25, 0.3) is 11.0 Å². The third kappa shape index (κ3) is 8.27. The fraction of sp³-hybridized carbons (Fsp3) is 0.750. The summed E-state index contributed by atoms with van der Waals surface area (Å²) in [6, 6.07) is 2.41. The highest BCUT2D eigenvalue weighted by Gasteiger charge is 2.68. The van der Waals surface area contributed by atoms with Gasteiger partial charge in [-0.3, -0.25) is 13.9 Å². The van der Waals surface area contributed by atoms with Gasteiger partial charge in [-0.1, -0.05) is 20.8 Å². The SMILES string of the molecule is CCOP(=O)(OCC)C(CCCNC(=O)c1ccc(F)nc1)(O[Si](C)(C)C(C)(C)C)P(=O)(OCC)OCC. The molecule has 14 heteroatoms. The molecule has 0 aliphatic carbocycles. The zero-order chi connectivity index (χ0) is 29.3. The fourth-order valence-corrected chi connectivity index (χ4v) is 12.0. The van der Waals surface area contributed by atoms with Gasteiger partial charge in [0.1, 0.15) is 0 Å². The van der Waals surface area contributed by atoms with Gasteiger partial charge in [-0.15, -0.1) is 0 Å². The van der Waals surface area contributed by atoms with Gasteiger partial charge in [0.2, 0.25) is 5.95 Å². The quantitative estimate of drug-likeness (QED) is 0.0879. The van der Waals surface area contributed by atoms with E-state index < -0.39 is 40.4 Å². The Bertz CT molecular complexity index is 939. The van der Waals surface area contributed by atoms with Gasteiger partial charge >= 0.3 is 15.2 Å². The lowest BCUT2D eigenvalue weighted by Gasteiger charge is -2.48. The minimum Gasteiger partial charge on any atom is -0.392 e. The summed E-state index contributed by atoms with van der Waals surface area (Å²) in [4.78, 5) is 16.0. The number of aromatic nitrogens is 1. The molecule has 1 rings (SSSR count). The van der Waals surface area contributed by atoms with Crippen LogP contribution in [0.25, 0.3) is 0 Å². The van der Waals surface area contributed by atoms with Gasteiger partial charge < -0.3 is 27.8 Å². The molecule has 1 N–H and O–H groups in total. The number of hydrogen-bond acceptors (Lipinski definition) is 9. The van der Waals surface area contributed by atoms with Crippen molar-refractivity contribution in [2.75, 3.05) is 33.0 Å². The van der Waals surface area contributed by atoms with Crippen molar-refractivity contribution in [3.63, 3.8) is 0 Å². The largest absolute Gasteiger partial charge is 0.392 e. The number of pyridine rings is 1. The molecule has 0 aromatic carbocycles. The topological polar surface area (TPSA) is 122 Å². The number of nitrogens with zero attached hydrogens (tertiary/aromatic N) is 1. The Morgan fingerprint density at radius 3 is 1.79 bits per heavy atom. The molecule has 1 aromatic heterocycles. The maximum atomic E-state index is 14.6. The molecule has 0 radical (unpaired) electrons. The second kappa shape index (κ2) is 14.6. The summed E-state index contributed by atoms with van der Waals surface area (Å²) in [6.45, 7) is 16.6. The Kier molecular flexibility index (Phi) is 13.5. The zero-order valence-corrected chi connectivity index (χ0v) is 27.0. The molecule has 0 aliphatic heterocycles.